The first-order valence-electron chi connectivity index (χ1n) is 5.42. The zero-order valence-electron chi connectivity index (χ0n) is 8.70. The summed E-state index contributed by atoms with van der Waals surface area (Å²) < 4.78 is 0. The second-order valence-electron chi connectivity index (χ2n) is 4.58. The smallest absolute Gasteiger partial charge is 0.217 e. The van der Waals surface area contributed by atoms with Gasteiger partial charge >= 0.3 is 0 Å². The van der Waals surface area contributed by atoms with Crippen molar-refractivity contribution in [1.29, 1.82) is 0 Å². The molecule has 4 nitrogen and oxygen atoms in total. The Morgan fingerprint density at radius 1 is 1.43 bits per heavy atom. The van der Waals surface area contributed by atoms with Crippen LogP contribution in [0.25, 0.3) is 0 Å². The third-order valence-electron chi connectivity index (χ3n) is 3.28. The fourth-order valence-corrected chi connectivity index (χ4v) is 2.51. The maximum absolute atomic E-state index is 10.8. The number of nitrogens with one attached hydrogen (secondary N) is 1. The van der Waals surface area contributed by atoms with Crippen molar-refractivity contribution in [2.75, 3.05) is 13.1 Å². The minimum absolute atomic E-state index is 0.0813. The molecule has 2 atom stereocenters. The van der Waals surface area contributed by atoms with E-state index in [1.165, 1.54) is 6.42 Å². The zero-order chi connectivity index (χ0) is 10.1. The number of hydrogen-bond donors (Lipinski definition) is 2. The van der Waals surface area contributed by atoms with Crippen LogP contribution < -0.4 is 11.1 Å². The van der Waals surface area contributed by atoms with E-state index < -0.39 is 0 Å². The summed E-state index contributed by atoms with van der Waals surface area (Å²) in [4.78, 5) is 13.2. The van der Waals surface area contributed by atoms with Gasteiger partial charge in [0.2, 0.25) is 5.91 Å². The minimum Gasteiger partial charge on any atom is -0.351 e. The highest BCUT2D eigenvalue weighted by molar-refractivity contribution is 5.73. The van der Waals surface area contributed by atoms with E-state index in [4.69, 9.17) is 5.73 Å². The summed E-state index contributed by atoms with van der Waals surface area (Å²) >= 11 is 0. The fraction of sp³-hybridized carbons (Fsp3) is 0.900. The molecule has 2 fully saturated rings. The Morgan fingerprint density at radius 2 is 2.14 bits per heavy atom. The summed E-state index contributed by atoms with van der Waals surface area (Å²) in [5.74, 6) is 0.0813. The lowest BCUT2D eigenvalue weighted by molar-refractivity contribution is -0.121. The summed E-state index contributed by atoms with van der Waals surface area (Å²) in [6, 6.07) is 1.46. The van der Waals surface area contributed by atoms with E-state index in [0.717, 1.165) is 25.9 Å². The van der Waals surface area contributed by atoms with Crippen LogP contribution in [-0.2, 0) is 4.79 Å². The average Bonchev–Trinajstić information content (AvgIpc) is 2.42. The topological polar surface area (TPSA) is 58.4 Å². The van der Waals surface area contributed by atoms with Crippen LogP contribution in [-0.4, -0.2) is 42.0 Å². The van der Waals surface area contributed by atoms with Gasteiger partial charge in [-0.25, -0.2) is 0 Å². The van der Waals surface area contributed by atoms with Crippen LogP contribution in [0.1, 0.15) is 26.2 Å². The summed E-state index contributed by atoms with van der Waals surface area (Å²) in [6.45, 7) is 3.60. The molecule has 4 heteroatoms. The van der Waals surface area contributed by atoms with E-state index in [1.54, 1.807) is 6.92 Å². The molecule has 0 aromatic rings. The van der Waals surface area contributed by atoms with Crippen LogP contribution in [0.4, 0.5) is 0 Å². The van der Waals surface area contributed by atoms with Gasteiger partial charge < -0.3 is 11.1 Å². The van der Waals surface area contributed by atoms with E-state index in [0.29, 0.717) is 18.1 Å². The molecule has 1 aliphatic carbocycles. The monoisotopic (exact) mass is 197 g/mol. The molecule has 2 rings (SSSR count). The fourth-order valence-electron chi connectivity index (χ4n) is 2.51. The van der Waals surface area contributed by atoms with Crippen molar-refractivity contribution in [1.82, 2.24) is 10.2 Å². The average molecular weight is 197 g/mol. The number of hydrogen-bond acceptors (Lipinski definition) is 3. The highest BCUT2D eigenvalue weighted by Crippen LogP contribution is 2.26. The number of likely N-dealkylation sites (tertiary alicyclic amines) is 1. The molecule has 1 aliphatic heterocycles. The van der Waals surface area contributed by atoms with Gasteiger partial charge in [-0.05, 0) is 19.3 Å². The number of amides is 1. The molecule has 0 aromatic heterocycles. The van der Waals surface area contributed by atoms with Crippen molar-refractivity contribution in [3.8, 4) is 0 Å². The molecule has 2 unspecified atom stereocenters. The summed E-state index contributed by atoms with van der Waals surface area (Å²) in [6.07, 6.45) is 3.52. The number of nitrogens with two attached hydrogens (primary N) is 1. The molecule has 2 aliphatic rings. The van der Waals surface area contributed by atoms with Gasteiger partial charge in [0.15, 0.2) is 0 Å². The third kappa shape index (κ3) is 2.07. The van der Waals surface area contributed by atoms with E-state index in [2.05, 4.69) is 10.2 Å². The van der Waals surface area contributed by atoms with E-state index in [9.17, 15) is 4.79 Å². The van der Waals surface area contributed by atoms with Crippen molar-refractivity contribution >= 4 is 5.91 Å². The van der Waals surface area contributed by atoms with E-state index in [1.807, 2.05) is 0 Å². The predicted octanol–water partition coefficient (Wildman–Crippen LogP) is -0.313. The van der Waals surface area contributed by atoms with Gasteiger partial charge in [-0.1, -0.05) is 0 Å². The standard InChI is InChI=1S/C10H19N3O/c1-7(14)12-9-5-13(6-9)10-3-2-8(11)4-10/h8-10H,2-6,11H2,1H3,(H,12,14). The van der Waals surface area contributed by atoms with Gasteiger partial charge in [-0.3, -0.25) is 9.69 Å². The van der Waals surface area contributed by atoms with Crippen molar-refractivity contribution < 1.29 is 4.79 Å². The molecule has 80 valence electrons. The van der Waals surface area contributed by atoms with Gasteiger partial charge in [-0.2, -0.15) is 0 Å². The SMILES string of the molecule is CC(=O)NC1CN(C2CCC(N)C2)C1. The van der Waals surface area contributed by atoms with Crippen LogP contribution in [0.2, 0.25) is 0 Å². The van der Waals surface area contributed by atoms with Gasteiger partial charge in [0.05, 0.1) is 6.04 Å². The summed E-state index contributed by atoms with van der Waals surface area (Å²) in [5, 5.41) is 2.93. The van der Waals surface area contributed by atoms with Gasteiger partial charge in [0, 0.05) is 32.1 Å². The molecule has 1 amide bonds. The minimum atomic E-state index is 0.0813. The second kappa shape index (κ2) is 3.87. The maximum Gasteiger partial charge on any atom is 0.217 e. The van der Waals surface area contributed by atoms with Crippen LogP contribution in [0, 0.1) is 0 Å². The summed E-state index contributed by atoms with van der Waals surface area (Å²) in [5.41, 5.74) is 5.86. The number of rotatable bonds is 2. The van der Waals surface area contributed by atoms with Crippen LogP contribution in [0.5, 0.6) is 0 Å². The second-order valence-corrected chi connectivity index (χ2v) is 4.58. The normalized spacial score (nSPS) is 34.1. The Kier molecular flexibility index (Phi) is 2.74. The van der Waals surface area contributed by atoms with Crippen LogP contribution in [0.15, 0.2) is 0 Å². The lowest BCUT2D eigenvalue weighted by Gasteiger charge is -2.43. The summed E-state index contributed by atoms with van der Waals surface area (Å²) in [7, 11) is 0. The largest absolute Gasteiger partial charge is 0.351 e. The van der Waals surface area contributed by atoms with Crippen molar-refractivity contribution in [2.24, 2.45) is 5.73 Å². The van der Waals surface area contributed by atoms with Crippen molar-refractivity contribution in [3.63, 3.8) is 0 Å². The van der Waals surface area contributed by atoms with E-state index >= 15 is 0 Å². The number of carbonyl (C=O) groups is 1. The van der Waals surface area contributed by atoms with Gasteiger partial charge in [-0.15, -0.1) is 0 Å². The molecule has 0 radical (unpaired) electrons. The van der Waals surface area contributed by atoms with E-state index in [-0.39, 0.29) is 5.91 Å². The maximum atomic E-state index is 10.8. The molecule has 0 bridgehead atoms. The molecule has 1 heterocycles. The van der Waals surface area contributed by atoms with Crippen molar-refractivity contribution in [3.05, 3.63) is 0 Å². The number of carbonyl (C=O) groups excluding carboxylic acids is 1. The van der Waals surface area contributed by atoms with Gasteiger partial charge in [0.1, 0.15) is 0 Å². The first-order chi connectivity index (χ1) is 6.65. The molecule has 1 saturated heterocycles. The quantitative estimate of drug-likeness (QED) is 0.638. The van der Waals surface area contributed by atoms with Crippen LogP contribution >= 0.6 is 0 Å². The van der Waals surface area contributed by atoms with Crippen molar-refractivity contribution in [2.45, 2.75) is 44.3 Å². The molecule has 1 saturated carbocycles. The highest BCUT2D eigenvalue weighted by Gasteiger charge is 2.35. The Bertz CT molecular complexity index is 225. The zero-order valence-corrected chi connectivity index (χ0v) is 8.70. The Hall–Kier alpha value is -0.610. The molecule has 0 aromatic carbocycles. The Morgan fingerprint density at radius 3 is 2.64 bits per heavy atom. The first kappa shape index (κ1) is 9.93. The van der Waals surface area contributed by atoms with Crippen LogP contribution in [0.3, 0.4) is 0 Å². The number of nitrogens with zero attached hydrogens (tertiary/aromatic N) is 1. The Labute approximate surface area is 84.8 Å². The lowest BCUT2D eigenvalue weighted by atomic mass is 10.0. The predicted molar refractivity (Wildman–Crippen MR) is 54.8 cm³/mol. The molecular weight excluding hydrogens is 178 g/mol. The first-order valence-corrected chi connectivity index (χ1v) is 5.42. The molecular formula is C10H19N3O. The lowest BCUT2D eigenvalue weighted by Crippen LogP contribution is -2.61. The van der Waals surface area contributed by atoms with Gasteiger partial charge in [0.25, 0.3) is 0 Å². The Balaban J connectivity index is 1.70. The molecule has 3 N–H and O–H groups in total. The third-order valence-corrected chi connectivity index (χ3v) is 3.28. The molecule has 0 spiro atoms. The highest BCUT2D eigenvalue weighted by atomic mass is 16.1. The molecule has 14 heavy (non-hydrogen) atoms.